The molecule has 8 nitrogen and oxygen atoms in total. The van der Waals surface area contributed by atoms with Gasteiger partial charge in [-0.1, -0.05) is 6.07 Å². The number of aryl methyl sites for hydroxylation is 2. The quantitative estimate of drug-likeness (QED) is 0.499. The van der Waals surface area contributed by atoms with Gasteiger partial charge in [0.1, 0.15) is 18.1 Å². The Bertz CT molecular complexity index is 1310. The number of hydrogen-bond donors (Lipinski definition) is 2. The van der Waals surface area contributed by atoms with Crippen LogP contribution in [0.3, 0.4) is 0 Å². The number of nitrogens with zero attached hydrogens (tertiary/aromatic N) is 3. The van der Waals surface area contributed by atoms with Gasteiger partial charge in [0.15, 0.2) is 0 Å². The van der Waals surface area contributed by atoms with E-state index in [9.17, 15) is 14.3 Å². The van der Waals surface area contributed by atoms with E-state index < -0.39 is 5.67 Å². The number of carbonyl (C=O) groups is 1. The highest BCUT2D eigenvalue weighted by atomic mass is 19.1. The van der Waals surface area contributed by atoms with E-state index in [0.29, 0.717) is 54.4 Å². The second kappa shape index (κ2) is 10.4. The molecule has 0 spiro atoms. The lowest BCUT2D eigenvalue weighted by Crippen LogP contribution is -2.36. The van der Waals surface area contributed by atoms with Crippen molar-refractivity contribution in [3.05, 3.63) is 65.0 Å². The number of rotatable bonds is 7. The van der Waals surface area contributed by atoms with Gasteiger partial charge in [-0.05, 0) is 67.6 Å². The van der Waals surface area contributed by atoms with Crippen LogP contribution in [-0.4, -0.2) is 60.5 Å². The highest BCUT2D eigenvalue weighted by Gasteiger charge is 2.35. The zero-order valence-corrected chi connectivity index (χ0v) is 21.1. The smallest absolute Gasteiger partial charge is 0.257 e. The van der Waals surface area contributed by atoms with Crippen LogP contribution in [0.25, 0.3) is 11.1 Å². The third kappa shape index (κ3) is 5.42. The van der Waals surface area contributed by atoms with Gasteiger partial charge in [0, 0.05) is 42.3 Å². The first-order chi connectivity index (χ1) is 17.8. The average Bonchev–Trinajstić information content (AvgIpc) is 3.22. The number of aromatic nitrogens is 2. The summed E-state index contributed by atoms with van der Waals surface area (Å²) in [4.78, 5) is 24.1. The van der Waals surface area contributed by atoms with Crippen molar-refractivity contribution in [3.8, 4) is 17.0 Å². The molecule has 5 rings (SSSR count). The SMILES string of the molecule is Cc1ccc(NC(=O)c2cnc3c(c2)C(C)(F)CC3)cc1-c1cc(OCCO)nc(N2CCOCC2)c1. The van der Waals surface area contributed by atoms with Gasteiger partial charge in [0.05, 0.1) is 25.4 Å². The maximum absolute atomic E-state index is 14.8. The summed E-state index contributed by atoms with van der Waals surface area (Å²) in [5, 5.41) is 12.2. The first-order valence-corrected chi connectivity index (χ1v) is 12.5. The second-order valence-electron chi connectivity index (χ2n) is 9.62. The third-order valence-corrected chi connectivity index (χ3v) is 6.90. The number of carbonyl (C=O) groups excluding carboxylic acids is 1. The summed E-state index contributed by atoms with van der Waals surface area (Å²) in [6.45, 7) is 6.24. The number of fused-ring (bicyclic) bond motifs is 1. The normalized spacial score (nSPS) is 19.0. The van der Waals surface area contributed by atoms with Crippen LogP contribution >= 0.6 is 0 Å². The van der Waals surface area contributed by atoms with E-state index in [2.05, 4.69) is 20.2 Å². The molecule has 37 heavy (non-hydrogen) atoms. The number of halogens is 1. The van der Waals surface area contributed by atoms with Crippen molar-refractivity contribution >= 4 is 17.4 Å². The predicted octanol–water partition coefficient (Wildman–Crippen LogP) is 4.04. The van der Waals surface area contributed by atoms with Crippen molar-refractivity contribution in [2.45, 2.75) is 32.4 Å². The molecule has 3 aromatic rings. The number of pyridine rings is 2. The molecule has 2 aromatic heterocycles. The molecule has 1 saturated heterocycles. The summed E-state index contributed by atoms with van der Waals surface area (Å²) in [7, 11) is 0. The molecule has 1 unspecified atom stereocenters. The van der Waals surface area contributed by atoms with Crippen molar-refractivity contribution in [2.75, 3.05) is 49.7 Å². The largest absolute Gasteiger partial charge is 0.475 e. The van der Waals surface area contributed by atoms with Crippen LogP contribution in [-0.2, 0) is 16.8 Å². The Morgan fingerprint density at radius 3 is 2.84 bits per heavy atom. The summed E-state index contributed by atoms with van der Waals surface area (Å²) >= 11 is 0. The summed E-state index contributed by atoms with van der Waals surface area (Å²) in [5.41, 5.74) is 3.47. The molecule has 2 N–H and O–H groups in total. The van der Waals surface area contributed by atoms with Gasteiger partial charge in [-0.25, -0.2) is 4.39 Å². The standard InChI is InChI=1S/C28H31FN4O4/c1-18-3-4-21(31-27(35)20-13-23-24(30-17-20)5-6-28(23,2)29)16-22(18)19-14-25(33-7-10-36-11-8-33)32-26(15-19)37-12-9-34/h3-4,13-17,34H,5-12H2,1-2H3,(H,31,35). The summed E-state index contributed by atoms with van der Waals surface area (Å²) in [6.07, 6.45) is 2.46. The molecule has 9 heteroatoms. The molecule has 1 aliphatic carbocycles. The van der Waals surface area contributed by atoms with Crippen molar-refractivity contribution < 1.29 is 23.8 Å². The molecule has 3 heterocycles. The van der Waals surface area contributed by atoms with E-state index >= 15 is 0 Å². The molecule has 0 radical (unpaired) electrons. The van der Waals surface area contributed by atoms with Gasteiger partial charge in [0.25, 0.3) is 5.91 Å². The molecule has 1 amide bonds. The summed E-state index contributed by atoms with van der Waals surface area (Å²) in [5.74, 6) is 0.838. The minimum atomic E-state index is -1.47. The first-order valence-electron chi connectivity index (χ1n) is 12.5. The van der Waals surface area contributed by atoms with Gasteiger partial charge in [-0.2, -0.15) is 4.98 Å². The Balaban J connectivity index is 1.44. The number of amides is 1. The molecular weight excluding hydrogens is 475 g/mol. The van der Waals surface area contributed by atoms with Gasteiger partial charge in [-0.3, -0.25) is 9.78 Å². The summed E-state index contributed by atoms with van der Waals surface area (Å²) in [6, 6.07) is 11.1. The van der Waals surface area contributed by atoms with E-state index in [1.807, 2.05) is 37.3 Å². The first kappa shape index (κ1) is 25.1. The van der Waals surface area contributed by atoms with E-state index in [-0.39, 0.29) is 19.1 Å². The molecular formula is C28H31FN4O4. The highest BCUT2D eigenvalue weighted by Crippen LogP contribution is 2.39. The van der Waals surface area contributed by atoms with E-state index in [1.165, 1.54) is 13.1 Å². The lowest BCUT2D eigenvalue weighted by molar-refractivity contribution is 0.102. The highest BCUT2D eigenvalue weighted by molar-refractivity contribution is 6.04. The Kier molecular flexibility index (Phi) is 7.08. The minimum Gasteiger partial charge on any atom is -0.475 e. The minimum absolute atomic E-state index is 0.113. The number of benzene rings is 1. The fourth-order valence-electron chi connectivity index (χ4n) is 4.79. The molecule has 1 fully saturated rings. The van der Waals surface area contributed by atoms with Crippen molar-refractivity contribution in [3.63, 3.8) is 0 Å². The molecule has 1 aromatic carbocycles. The molecule has 1 aliphatic heterocycles. The fourth-order valence-corrected chi connectivity index (χ4v) is 4.79. The molecule has 0 bridgehead atoms. The lowest BCUT2D eigenvalue weighted by Gasteiger charge is -2.28. The van der Waals surface area contributed by atoms with Crippen molar-refractivity contribution in [1.29, 1.82) is 0 Å². The van der Waals surface area contributed by atoms with Crippen LogP contribution in [0.15, 0.2) is 42.6 Å². The van der Waals surface area contributed by atoms with Crippen LogP contribution in [0.5, 0.6) is 5.88 Å². The van der Waals surface area contributed by atoms with Gasteiger partial charge in [-0.15, -0.1) is 0 Å². The Hall–Kier alpha value is -3.56. The number of ether oxygens (including phenoxy) is 2. The fraction of sp³-hybridized carbons (Fsp3) is 0.393. The van der Waals surface area contributed by atoms with Gasteiger partial charge < -0.3 is 24.8 Å². The molecule has 2 aliphatic rings. The van der Waals surface area contributed by atoms with Crippen molar-refractivity contribution in [1.82, 2.24) is 9.97 Å². The summed E-state index contributed by atoms with van der Waals surface area (Å²) < 4.78 is 26.0. The van der Waals surface area contributed by atoms with Crippen LogP contribution in [0.4, 0.5) is 15.9 Å². The number of alkyl halides is 1. The Morgan fingerprint density at radius 1 is 1.24 bits per heavy atom. The third-order valence-electron chi connectivity index (χ3n) is 6.90. The molecule has 1 atom stereocenters. The number of nitrogens with one attached hydrogen (secondary N) is 1. The maximum Gasteiger partial charge on any atom is 0.257 e. The molecule has 194 valence electrons. The van der Waals surface area contributed by atoms with Crippen LogP contribution in [0.2, 0.25) is 0 Å². The Labute approximate surface area is 215 Å². The van der Waals surface area contributed by atoms with Crippen LogP contribution in [0.1, 0.15) is 40.5 Å². The zero-order chi connectivity index (χ0) is 26.0. The molecule has 0 saturated carbocycles. The lowest BCUT2D eigenvalue weighted by atomic mass is 9.99. The number of aliphatic hydroxyl groups excluding tert-OH is 1. The van der Waals surface area contributed by atoms with Crippen molar-refractivity contribution in [2.24, 2.45) is 0 Å². The van der Waals surface area contributed by atoms with Gasteiger partial charge >= 0.3 is 0 Å². The zero-order valence-electron chi connectivity index (χ0n) is 21.1. The maximum atomic E-state index is 14.8. The van der Waals surface area contributed by atoms with E-state index in [4.69, 9.17) is 9.47 Å². The predicted molar refractivity (Wildman–Crippen MR) is 139 cm³/mol. The number of anilines is 2. The number of morpholine rings is 1. The van der Waals surface area contributed by atoms with E-state index in [0.717, 1.165) is 35.6 Å². The van der Waals surface area contributed by atoms with Crippen LogP contribution < -0.4 is 15.0 Å². The van der Waals surface area contributed by atoms with Gasteiger partial charge in [0.2, 0.25) is 5.88 Å². The Morgan fingerprint density at radius 2 is 2.05 bits per heavy atom. The number of hydrogen-bond acceptors (Lipinski definition) is 7. The van der Waals surface area contributed by atoms with E-state index in [1.54, 1.807) is 6.07 Å². The number of aliphatic hydroxyl groups is 1. The second-order valence-corrected chi connectivity index (χ2v) is 9.62. The monoisotopic (exact) mass is 506 g/mol. The van der Waals surface area contributed by atoms with Crippen LogP contribution in [0, 0.1) is 6.92 Å². The topological polar surface area (TPSA) is 96.8 Å². The average molecular weight is 507 g/mol.